The molecular weight excluding hydrogens is 455 g/mol. The maximum Gasteiger partial charge on any atom is 0.226 e. The van der Waals surface area contributed by atoms with Crippen LogP contribution in [0.5, 0.6) is 0 Å². The number of nitrogen functional groups attached to an aromatic ring is 2. The number of imidazole rings is 1. The maximum atomic E-state index is 6.17. The Labute approximate surface area is 172 Å². The van der Waals surface area contributed by atoms with Crippen LogP contribution in [0.2, 0.25) is 0 Å². The minimum Gasteiger partial charge on any atom is -0.398 e. The largest absolute Gasteiger partial charge is 0.398 e. The van der Waals surface area contributed by atoms with Crippen molar-refractivity contribution in [2.45, 2.75) is 39.3 Å². The second-order valence-corrected chi connectivity index (χ2v) is 8.22. The second-order valence-electron chi connectivity index (χ2n) is 6.97. The van der Waals surface area contributed by atoms with Crippen molar-refractivity contribution in [1.29, 1.82) is 0 Å². The third kappa shape index (κ3) is 4.24. The van der Waals surface area contributed by atoms with Gasteiger partial charge < -0.3 is 27.1 Å². The van der Waals surface area contributed by atoms with Crippen LogP contribution in [0, 0.1) is 3.57 Å². The van der Waals surface area contributed by atoms with Crippen molar-refractivity contribution in [3.63, 3.8) is 0 Å². The van der Waals surface area contributed by atoms with Gasteiger partial charge in [-0.1, -0.05) is 0 Å². The molecule has 3 aromatic rings. The van der Waals surface area contributed by atoms with Gasteiger partial charge in [0.05, 0.1) is 0 Å². The van der Waals surface area contributed by atoms with Gasteiger partial charge >= 0.3 is 0 Å². The Kier molecular flexibility index (Phi) is 5.70. The van der Waals surface area contributed by atoms with Crippen molar-refractivity contribution in [2.24, 2.45) is 5.73 Å². The summed E-state index contributed by atoms with van der Waals surface area (Å²) in [6.45, 7) is 6.66. The Bertz CT molecular complexity index is 964. The molecule has 144 valence electrons. The number of anilines is 3. The number of hydrogen-bond acceptors (Lipinski definition) is 7. The number of nitrogens with zero attached hydrogens (tertiary/aromatic N) is 4. The topological polar surface area (TPSA) is 134 Å². The van der Waals surface area contributed by atoms with Crippen molar-refractivity contribution < 1.29 is 0 Å². The standard InChI is InChI=1S/C18H25IN8/c1-9(2)27-14(7-11-6-12(19)4-5-13(11)21)24-15-16(22)25-18(26-17(15)27)23-8-10(3)20/h4-6,9-10H,7-8,20-21H2,1-3H3,(H3,22,23,25,26). The van der Waals surface area contributed by atoms with E-state index in [0.29, 0.717) is 35.9 Å². The summed E-state index contributed by atoms with van der Waals surface area (Å²) in [6.07, 6.45) is 0.596. The average molecular weight is 480 g/mol. The lowest BCUT2D eigenvalue weighted by molar-refractivity contribution is 0.587. The predicted molar refractivity (Wildman–Crippen MR) is 119 cm³/mol. The van der Waals surface area contributed by atoms with E-state index in [-0.39, 0.29) is 12.1 Å². The summed E-state index contributed by atoms with van der Waals surface area (Å²) < 4.78 is 3.22. The van der Waals surface area contributed by atoms with Crippen molar-refractivity contribution in [3.05, 3.63) is 33.2 Å². The number of fused-ring (bicyclic) bond motifs is 1. The highest BCUT2D eigenvalue weighted by atomic mass is 127. The van der Waals surface area contributed by atoms with Gasteiger partial charge in [-0.15, -0.1) is 0 Å². The number of nitrogens with two attached hydrogens (primary N) is 3. The zero-order valence-electron chi connectivity index (χ0n) is 15.7. The summed E-state index contributed by atoms with van der Waals surface area (Å²) in [5, 5.41) is 3.13. The SMILES string of the molecule is CC(N)CNc1nc(N)c2nc(Cc3cc(I)ccc3N)n(C(C)C)c2n1. The molecule has 27 heavy (non-hydrogen) atoms. The van der Waals surface area contributed by atoms with Crippen LogP contribution < -0.4 is 22.5 Å². The monoisotopic (exact) mass is 480 g/mol. The predicted octanol–water partition coefficient (Wildman–Crippen LogP) is 2.53. The Balaban J connectivity index is 2.09. The van der Waals surface area contributed by atoms with E-state index in [1.54, 1.807) is 0 Å². The van der Waals surface area contributed by atoms with Gasteiger partial charge in [0.15, 0.2) is 17.0 Å². The molecule has 0 saturated heterocycles. The van der Waals surface area contributed by atoms with E-state index in [4.69, 9.17) is 22.2 Å². The fourth-order valence-electron chi connectivity index (χ4n) is 2.94. The number of benzene rings is 1. The van der Waals surface area contributed by atoms with Crippen LogP contribution in [0.4, 0.5) is 17.5 Å². The lowest BCUT2D eigenvalue weighted by Gasteiger charge is -2.14. The molecule has 0 aliphatic heterocycles. The summed E-state index contributed by atoms with van der Waals surface area (Å²) in [5.41, 5.74) is 21.2. The molecule has 7 N–H and O–H groups in total. The van der Waals surface area contributed by atoms with Crippen LogP contribution >= 0.6 is 22.6 Å². The number of hydrogen-bond donors (Lipinski definition) is 4. The summed E-state index contributed by atoms with van der Waals surface area (Å²) >= 11 is 2.28. The Morgan fingerprint density at radius 1 is 1.15 bits per heavy atom. The number of aromatic nitrogens is 4. The lowest BCUT2D eigenvalue weighted by Crippen LogP contribution is -2.26. The molecule has 0 fully saturated rings. The molecule has 9 heteroatoms. The average Bonchev–Trinajstić information content (AvgIpc) is 2.95. The maximum absolute atomic E-state index is 6.17. The van der Waals surface area contributed by atoms with Gasteiger partial charge in [-0.3, -0.25) is 0 Å². The van der Waals surface area contributed by atoms with Gasteiger partial charge in [0, 0.05) is 34.3 Å². The normalized spacial score (nSPS) is 12.7. The zero-order valence-corrected chi connectivity index (χ0v) is 17.9. The summed E-state index contributed by atoms with van der Waals surface area (Å²) in [6, 6.07) is 6.13. The zero-order chi connectivity index (χ0) is 19.7. The molecular formula is C18H25IN8. The molecule has 0 spiro atoms. The Morgan fingerprint density at radius 3 is 2.56 bits per heavy atom. The molecule has 0 bridgehead atoms. The van der Waals surface area contributed by atoms with E-state index < -0.39 is 0 Å². The van der Waals surface area contributed by atoms with Crippen molar-refractivity contribution in [1.82, 2.24) is 19.5 Å². The Morgan fingerprint density at radius 2 is 1.89 bits per heavy atom. The summed E-state index contributed by atoms with van der Waals surface area (Å²) in [4.78, 5) is 13.7. The van der Waals surface area contributed by atoms with E-state index in [1.807, 2.05) is 19.1 Å². The molecule has 1 unspecified atom stereocenters. The third-order valence-electron chi connectivity index (χ3n) is 4.19. The van der Waals surface area contributed by atoms with Gasteiger partial charge in [0.25, 0.3) is 0 Å². The highest BCUT2D eigenvalue weighted by molar-refractivity contribution is 14.1. The molecule has 1 aromatic carbocycles. The fourth-order valence-corrected chi connectivity index (χ4v) is 3.49. The molecule has 2 aromatic heterocycles. The molecule has 8 nitrogen and oxygen atoms in total. The quantitative estimate of drug-likeness (QED) is 0.315. The van der Waals surface area contributed by atoms with Crippen molar-refractivity contribution in [3.8, 4) is 0 Å². The smallest absolute Gasteiger partial charge is 0.226 e. The van der Waals surface area contributed by atoms with E-state index in [2.05, 4.69) is 62.4 Å². The lowest BCUT2D eigenvalue weighted by atomic mass is 10.1. The number of nitrogens with one attached hydrogen (secondary N) is 1. The minimum absolute atomic E-state index is 0.0142. The van der Waals surface area contributed by atoms with Crippen LogP contribution in [-0.4, -0.2) is 32.1 Å². The van der Waals surface area contributed by atoms with Crippen molar-refractivity contribution >= 4 is 51.2 Å². The van der Waals surface area contributed by atoms with E-state index >= 15 is 0 Å². The van der Waals surface area contributed by atoms with E-state index in [1.165, 1.54) is 0 Å². The molecule has 1 atom stereocenters. The van der Waals surface area contributed by atoms with Crippen LogP contribution in [0.15, 0.2) is 18.2 Å². The third-order valence-corrected chi connectivity index (χ3v) is 4.86. The van der Waals surface area contributed by atoms with E-state index in [9.17, 15) is 0 Å². The van der Waals surface area contributed by atoms with Gasteiger partial charge in [0.1, 0.15) is 5.82 Å². The van der Waals surface area contributed by atoms with E-state index in [0.717, 1.165) is 20.6 Å². The molecule has 0 aliphatic carbocycles. The number of rotatable bonds is 6. The molecule has 0 radical (unpaired) electrons. The molecule has 0 saturated carbocycles. The molecule has 2 heterocycles. The van der Waals surface area contributed by atoms with Gasteiger partial charge in [-0.25, -0.2) is 4.98 Å². The van der Waals surface area contributed by atoms with Crippen molar-refractivity contribution in [2.75, 3.05) is 23.3 Å². The van der Waals surface area contributed by atoms with Gasteiger partial charge in [-0.05, 0) is 67.1 Å². The second kappa shape index (κ2) is 7.85. The first-order chi connectivity index (χ1) is 12.8. The van der Waals surface area contributed by atoms with Crippen LogP contribution in [0.25, 0.3) is 11.2 Å². The molecule has 3 rings (SSSR count). The first-order valence-corrected chi connectivity index (χ1v) is 9.91. The Hall–Kier alpha value is -2.14. The summed E-state index contributed by atoms with van der Waals surface area (Å²) in [5.74, 6) is 1.67. The first-order valence-electron chi connectivity index (χ1n) is 8.84. The van der Waals surface area contributed by atoms with Crippen LogP contribution in [0.1, 0.15) is 38.2 Å². The molecule has 0 aliphatic rings. The minimum atomic E-state index is -0.0142. The van der Waals surface area contributed by atoms with Gasteiger partial charge in [-0.2, -0.15) is 9.97 Å². The highest BCUT2D eigenvalue weighted by Crippen LogP contribution is 2.27. The van der Waals surface area contributed by atoms with Crippen LogP contribution in [0.3, 0.4) is 0 Å². The fraction of sp³-hybridized carbons (Fsp3) is 0.389. The summed E-state index contributed by atoms with van der Waals surface area (Å²) in [7, 11) is 0. The number of halogens is 1. The molecule has 0 amide bonds. The van der Waals surface area contributed by atoms with Crippen LogP contribution in [-0.2, 0) is 6.42 Å². The van der Waals surface area contributed by atoms with Gasteiger partial charge in [0.2, 0.25) is 5.95 Å². The highest BCUT2D eigenvalue weighted by Gasteiger charge is 2.19. The first kappa shape index (κ1) is 19.6.